The molecule has 0 aliphatic rings. The van der Waals surface area contributed by atoms with Gasteiger partial charge in [0.15, 0.2) is 5.78 Å². The predicted molar refractivity (Wildman–Crippen MR) is 97.8 cm³/mol. The summed E-state index contributed by atoms with van der Waals surface area (Å²) in [6.45, 7) is 0. The summed E-state index contributed by atoms with van der Waals surface area (Å²) >= 11 is 7.18. The summed E-state index contributed by atoms with van der Waals surface area (Å²) in [7, 11) is 1.60. The van der Waals surface area contributed by atoms with E-state index < -0.39 is 0 Å². The standard InChI is InChI=1S/C19H13ClNO2S/c1-23-17-5-3-2-4-13(17)8-11-16(22)18-12-21-19(24-18)14-6-9-15(20)10-7-14/h2-11H,1H3. The van der Waals surface area contributed by atoms with Gasteiger partial charge in [-0.15, -0.1) is 11.3 Å². The maximum Gasteiger partial charge on any atom is 0.198 e. The molecule has 119 valence electrons. The van der Waals surface area contributed by atoms with Crippen LogP contribution in [0.4, 0.5) is 0 Å². The largest absolute Gasteiger partial charge is 0.496 e. The highest BCUT2D eigenvalue weighted by Crippen LogP contribution is 2.27. The van der Waals surface area contributed by atoms with E-state index in [1.54, 1.807) is 25.3 Å². The van der Waals surface area contributed by atoms with Gasteiger partial charge in [0, 0.05) is 16.1 Å². The summed E-state index contributed by atoms with van der Waals surface area (Å²) in [6.07, 6.45) is 6.03. The topological polar surface area (TPSA) is 39.2 Å². The van der Waals surface area contributed by atoms with Gasteiger partial charge in [0.25, 0.3) is 0 Å². The first kappa shape index (κ1) is 16.4. The van der Waals surface area contributed by atoms with E-state index in [4.69, 9.17) is 16.3 Å². The second-order valence-corrected chi connectivity index (χ2v) is 6.34. The highest BCUT2D eigenvalue weighted by Gasteiger charge is 2.10. The van der Waals surface area contributed by atoms with Gasteiger partial charge in [-0.05, 0) is 30.4 Å². The molecular weight excluding hydrogens is 342 g/mol. The second kappa shape index (κ2) is 7.43. The van der Waals surface area contributed by atoms with Crippen LogP contribution in [0.25, 0.3) is 16.6 Å². The average molecular weight is 355 g/mol. The number of hydrogen-bond acceptors (Lipinski definition) is 4. The van der Waals surface area contributed by atoms with Crippen molar-refractivity contribution in [1.29, 1.82) is 0 Å². The smallest absolute Gasteiger partial charge is 0.198 e. The van der Waals surface area contributed by atoms with Crippen LogP contribution in [0.1, 0.15) is 15.2 Å². The van der Waals surface area contributed by atoms with Gasteiger partial charge in [-0.3, -0.25) is 4.79 Å². The highest BCUT2D eigenvalue weighted by atomic mass is 35.5. The molecule has 0 aliphatic carbocycles. The molecule has 1 aromatic heterocycles. The van der Waals surface area contributed by atoms with Gasteiger partial charge in [-0.25, -0.2) is 4.98 Å². The number of aromatic nitrogens is 1. The molecule has 0 bridgehead atoms. The molecule has 24 heavy (non-hydrogen) atoms. The lowest BCUT2D eigenvalue weighted by Gasteiger charge is -2.02. The van der Waals surface area contributed by atoms with Crippen molar-refractivity contribution in [3.05, 3.63) is 76.3 Å². The molecular formula is C19H13ClNO2S. The van der Waals surface area contributed by atoms with Crippen LogP contribution in [-0.4, -0.2) is 17.9 Å². The molecule has 3 aromatic rings. The van der Waals surface area contributed by atoms with E-state index in [1.165, 1.54) is 17.4 Å². The number of halogens is 1. The molecule has 3 rings (SSSR count). The Morgan fingerprint density at radius 1 is 1.21 bits per heavy atom. The summed E-state index contributed by atoms with van der Waals surface area (Å²) < 4.78 is 5.26. The molecule has 5 heteroatoms. The van der Waals surface area contributed by atoms with E-state index in [2.05, 4.69) is 11.2 Å². The molecule has 0 aliphatic heterocycles. The number of carbonyl (C=O) groups is 1. The summed E-state index contributed by atoms with van der Waals surface area (Å²) in [4.78, 5) is 17.0. The monoisotopic (exact) mass is 354 g/mol. The zero-order valence-electron chi connectivity index (χ0n) is 12.8. The van der Waals surface area contributed by atoms with Gasteiger partial charge in [-0.2, -0.15) is 0 Å². The summed E-state index contributed by atoms with van der Waals surface area (Å²) in [6, 6.07) is 14.8. The van der Waals surface area contributed by atoms with Gasteiger partial charge in [-0.1, -0.05) is 41.9 Å². The quantitative estimate of drug-likeness (QED) is 0.468. The molecule has 1 heterocycles. The Balaban J connectivity index is 1.78. The Labute approximate surface area is 149 Å². The number of benzene rings is 2. The lowest BCUT2D eigenvalue weighted by Crippen LogP contribution is -1.90. The fraction of sp³-hybridized carbons (Fsp3) is 0.0526. The minimum absolute atomic E-state index is 0.140. The first-order chi connectivity index (χ1) is 11.7. The number of nitrogens with zero attached hydrogens (tertiary/aromatic N) is 1. The third-order valence-corrected chi connectivity index (χ3v) is 4.59. The number of rotatable bonds is 5. The molecule has 2 aromatic carbocycles. The summed E-state index contributed by atoms with van der Waals surface area (Å²) in [5.41, 5.74) is 1.75. The summed E-state index contributed by atoms with van der Waals surface area (Å²) in [5, 5.41) is 1.40. The van der Waals surface area contributed by atoms with Crippen LogP contribution in [0.3, 0.4) is 0 Å². The highest BCUT2D eigenvalue weighted by molar-refractivity contribution is 7.17. The third-order valence-electron chi connectivity index (χ3n) is 3.33. The third kappa shape index (κ3) is 3.72. The lowest BCUT2D eigenvalue weighted by atomic mass is 10.1. The molecule has 0 spiro atoms. The maximum atomic E-state index is 12.3. The number of ether oxygens (including phenoxy) is 1. The van der Waals surface area contributed by atoms with Crippen molar-refractivity contribution in [2.24, 2.45) is 0 Å². The lowest BCUT2D eigenvalue weighted by molar-refractivity contribution is 0.105. The number of methoxy groups -OCH3 is 1. The fourth-order valence-corrected chi connectivity index (χ4v) is 3.03. The fourth-order valence-electron chi connectivity index (χ4n) is 2.11. The first-order valence-corrected chi connectivity index (χ1v) is 8.36. The van der Waals surface area contributed by atoms with Crippen LogP contribution in [-0.2, 0) is 0 Å². The Morgan fingerprint density at radius 3 is 2.71 bits per heavy atom. The number of ketones is 1. The van der Waals surface area contributed by atoms with Crippen molar-refractivity contribution in [1.82, 2.24) is 4.98 Å². The van der Waals surface area contributed by atoms with Crippen molar-refractivity contribution in [2.45, 2.75) is 0 Å². The maximum absolute atomic E-state index is 12.3. The van der Waals surface area contributed by atoms with Gasteiger partial charge in [0.1, 0.15) is 21.8 Å². The van der Waals surface area contributed by atoms with Crippen LogP contribution in [0.2, 0.25) is 5.02 Å². The van der Waals surface area contributed by atoms with Gasteiger partial charge >= 0.3 is 0 Å². The zero-order valence-corrected chi connectivity index (χ0v) is 14.4. The molecule has 0 amide bonds. The van der Waals surface area contributed by atoms with Gasteiger partial charge < -0.3 is 4.74 Å². The van der Waals surface area contributed by atoms with Crippen molar-refractivity contribution in [3.8, 4) is 16.3 Å². The van der Waals surface area contributed by atoms with E-state index in [1.807, 2.05) is 36.4 Å². The molecule has 0 saturated carbocycles. The number of allylic oxidation sites excluding steroid dienone is 1. The normalized spacial score (nSPS) is 10.9. The van der Waals surface area contributed by atoms with E-state index in [-0.39, 0.29) is 5.78 Å². The zero-order chi connectivity index (χ0) is 16.9. The van der Waals surface area contributed by atoms with Crippen molar-refractivity contribution < 1.29 is 9.53 Å². The number of carbonyl (C=O) groups excluding carboxylic acids is 1. The van der Waals surface area contributed by atoms with Crippen molar-refractivity contribution in [3.63, 3.8) is 0 Å². The van der Waals surface area contributed by atoms with Gasteiger partial charge in [0.05, 0.1) is 7.11 Å². The SMILES string of the molecule is COc1ccccc1C=CC(=O)c1[c]nc(-c2ccc(Cl)cc2)s1. The first-order valence-electron chi connectivity index (χ1n) is 7.17. The molecule has 0 unspecified atom stereocenters. The van der Waals surface area contributed by atoms with E-state index in [0.29, 0.717) is 9.90 Å². The second-order valence-electron chi connectivity index (χ2n) is 4.91. The van der Waals surface area contributed by atoms with E-state index in [9.17, 15) is 4.79 Å². The Hall–Kier alpha value is -2.43. The Morgan fingerprint density at radius 2 is 1.96 bits per heavy atom. The Kier molecular flexibility index (Phi) is 5.08. The van der Waals surface area contributed by atoms with Crippen molar-refractivity contribution >= 4 is 34.8 Å². The number of thiazole rings is 1. The van der Waals surface area contributed by atoms with Crippen LogP contribution >= 0.6 is 22.9 Å². The van der Waals surface area contributed by atoms with Crippen LogP contribution in [0, 0.1) is 6.20 Å². The van der Waals surface area contributed by atoms with Crippen molar-refractivity contribution in [2.75, 3.05) is 7.11 Å². The van der Waals surface area contributed by atoms with E-state index >= 15 is 0 Å². The molecule has 1 radical (unpaired) electrons. The minimum atomic E-state index is -0.140. The molecule has 0 saturated heterocycles. The molecule has 0 fully saturated rings. The summed E-state index contributed by atoms with van der Waals surface area (Å²) in [5.74, 6) is 0.579. The minimum Gasteiger partial charge on any atom is -0.496 e. The molecule has 0 atom stereocenters. The number of hydrogen-bond donors (Lipinski definition) is 0. The van der Waals surface area contributed by atoms with Gasteiger partial charge in [0.2, 0.25) is 0 Å². The number of para-hydroxylation sites is 1. The van der Waals surface area contributed by atoms with Crippen LogP contribution in [0.5, 0.6) is 5.75 Å². The average Bonchev–Trinajstić information content (AvgIpc) is 3.10. The predicted octanol–water partition coefficient (Wildman–Crippen LogP) is 5.17. The van der Waals surface area contributed by atoms with Crippen LogP contribution < -0.4 is 4.74 Å². The van der Waals surface area contributed by atoms with Crippen LogP contribution in [0.15, 0.2) is 54.6 Å². The Bertz CT molecular complexity index is 884. The molecule has 0 N–H and O–H groups in total. The molecule has 3 nitrogen and oxygen atoms in total. The van der Waals surface area contributed by atoms with E-state index in [0.717, 1.165) is 21.9 Å².